The lowest BCUT2D eigenvalue weighted by molar-refractivity contribution is -0.210. The van der Waals surface area contributed by atoms with E-state index in [2.05, 4.69) is 15.2 Å². The van der Waals surface area contributed by atoms with Crippen molar-refractivity contribution in [2.75, 3.05) is 6.61 Å². The van der Waals surface area contributed by atoms with Crippen LogP contribution in [-0.2, 0) is 10.9 Å². The van der Waals surface area contributed by atoms with Gasteiger partial charge in [0.25, 0.3) is 0 Å². The van der Waals surface area contributed by atoms with Crippen molar-refractivity contribution >= 4 is 11.6 Å². The molecule has 0 bridgehead atoms. The number of hydrogen-bond acceptors (Lipinski definition) is 7. The number of hydrogen-bond donors (Lipinski definition) is 3. The highest BCUT2D eigenvalue weighted by Crippen LogP contribution is 2.41. The number of aliphatic hydroxyl groups is 3. The molecule has 0 aliphatic carbocycles. The summed E-state index contributed by atoms with van der Waals surface area (Å²) in [4.78, 5) is 4.19. The molecule has 0 radical (unpaired) electrons. The Kier molecular flexibility index (Phi) is 7.63. The van der Waals surface area contributed by atoms with Gasteiger partial charge in [-0.15, -0.1) is 0 Å². The highest BCUT2D eigenvalue weighted by molar-refractivity contribution is 6.30. The van der Waals surface area contributed by atoms with Crippen LogP contribution >= 0.6 is 11.6 Å². The number of alkyl halides is 3. The largest absolute Gasteiger partial charge is 0.418 e. The Hall–Kier alpha value is -3.43. The summed E-state index contributed by atoms with van der Waals surface area (Å²) >= 11 is 6.00. The fraction of sp³-hybridized carbons (Fsp3) is 0.346. The van der Waals surface area contributed by atoms with Crippen LogP contribution in [0.4, 0.5) is 22.0 Å². The van der Waals surface area contributed by atoms with Crippen LogP contribution in [-0.4, -0.2) is 64.8 Å². The zero-order valence-corrected chi connectivity index (χ0v) is 22.1. The van der Waals surface area contributed by atoms with Gasteiger partial charge in [0.1, 0.15) is 36.3 Å². The van der Waals surface area contributed by atoms with E-state index in [1.807, 2.05) is 0 Å². The Bertz CT molecular complexity index is 1590. The number of aliphatic hydroxyl groups excluding tert-OH is 3. The molecule has 9 nitrogen and oxygen atoms in total. The van der Waals surface area contributed by atoms with E-state index < -0.39 is 66.1 Å². The summed E-state index contributed by atoms with van der Waals surface area (Å²) in [7, 11) is 0. The molecule has 4 aromatic rings. The first-order valence-electron chi connectivity index (χ1n) is 12.2. The van der Waals surface area contributed by atoms with Gasteiger partial charge in [-0.2, -0.15) is 23.4 Å². The molecule has 0 spiro atoms. The Balaban J connectivity index is 1.59. The number of rotatable bonds is 5. The summed E-state index contributed by atoms with van der Waals surface area (Å²) < 4.78 is 78.1. The molecule has 1 saturated heterocycles. The molecule has 5 rings (SSSR count). The molecule has 218 valence electrons. The minimum atomic E-state index is -4.80. The van der Waals surface area contributed by atoms with Gasteiger partial charge in [0.2, 0.25) is 0 Å². The third-order valence-corrected chi connectivity index (χ3v) is 7.11. The van der Waals surface area contributed by atoms with Gasteiger partial charge in [-0.05, 0) is 37.6 Å². The molecular formula is C26H23ClF5N5O4. The average molecular weight is 600 g/mol. The quantitative estimate of drug-likeness (QED) is 0.296. The van der Waals surface area contributed by atoms with E-state index in [1.165, 1.54) is 38.4 Å². The van der Waals surface area contributed by atoms with E-state index in [4.69, 9.17) is 16.3 Å². The van der Waals surface area contributed by atoms with E-state index in [-0.39, 0.29) is 33.4 Å². The summed E-state index contributed by atoms with van der Waals surface area (Å²) in [6.45, 7) is 2.07. The van der Waals surface area contributed by atoms with Gasteiger partial charge < -0.3 is 20.1 Å². The second-order valence-electron chi connectivity index (χ2n) is 9.60. The molecule has 3 N–H and O–H groups in total. The minimum absolute atomic E-state index is 0.0254. The van der Waals surface area contributed by atoms with Crippen LogP contribution in [0, 0.1) is 25.5 Å². The van der Waals surface area contributed by atoms with Gasteiger partial charge in [-0.25, -0.2) is 18.4 Å². The van der Waals surface area contributed by atoms with Gasteiger partial charge in [0.05, 0.1) is 24.1 Å². The van der Waals surface area contributed by atoms with Crippen molar-refractivity contribution in [2.24, 2.45) is 0 Å². The lowest BCUT2D eigenvalue weighted by Crippen LogP contribution is -2.53. The molecule has 1 fully saturated rings. The predicted molar refractivity (Wildman–Crippen MR) is 134 cm³/mol. The molecule has 2 aromatic heterocycles. The normalized spacial score (nSPS) is 23.2. The molecule has 2 aromatic carbocycles. The Morgan fingerprint density at radius 1 is 1.05 bits per heavy atom. The smallest absolute Gasteiger partial charge is 0.394 e. The maximum absolute atomic E-state index is 14.6. The van der Waals surface area contributed by atoms with Gasteiger partial charge in [-0.1, -0.05) is 23.7 Å². The summed E-state index contributed by atoms with van der Waals surface area (Å²) in [6, 6.07) is 4.24. The van der Waals surface area contributed by atoms with Crippen molar-refractivity contribution in [1.29, 1.82) is 0 Å². The maximum Gasteiger partial charge on any atom is 0.418 e. The van der Waals surface area contributed by atoms with E-state index in [0.29, 0.717) is 0 Å². The van der Waals surface area contributed by atoms with Crippen LogP contribution in [0.5, 0.6) is 0 Å². The first kappa shape index (κ1) is 29.1. The van der Waals surface area contributed by atoms with Crippen LogP contribution in [0.15, 0.2) is 42.7 Å². The topological polar surface area (TPSA) is 118 Å². The molecular weight excluding hydrogens is 577 g/mol. The second kappa shape index (κ2) is 10.8. The van der Waals surface area contributed by atoms with E-state index in [0.717, 1.165) is 27.6 Å². The molecule has 15 heteroatoms. The predicted octanol–water partition coefficient (Wildman–Crippen LogP) is 4.09. The highest BCUT2D eigenvalue weighted by Gasteiger charge is 2.48. The molecule has 41 heavy (non-hydrogen) atoms. The van der Waals surface area contributed by atoms with Crippen molar-refractivity contribution < 1.29 is 42.0 Å². The third kappa shape index (κ3) is 5.21. The van der Waals surface area contributed by atoms with Crippen molar-refractivity contribution in [3.8, 4) is 16.8 Å². The van der Waals surface area contributed by atoms with Crippen molar-refractivity contribution in [3.05, 3.63) is 82.2 Å². The van der Waals surface area contributed by atoms with Gasteiger partial charge in [-0.3, -0.25) is 4.68 Å². The van der Waals surface area contributed by atoms with E-state index in [9.17, 15) is 37.3 Å². The van der Waals surface area contributed by atoms with Gasteiger partial charge in [0, 0.05) is 22.3 Å². The molecule has 1 aliphatic rings. The first-order chi connectivity index (χ1) is 19.3. The fourth-order valence-corrected chi connectivity index (χ4v) is 5.02. The Labute approximate surface area is 234 Å². The van der Waals surface area contributed by atoms with Crippen LogP contribution in [0.2, 0.25) is 5.02 Å². The SMILES string of the molecule is Cc1nc([C@@H]2O[C@H](CO)[C@H](O)[C@H](n3cc(-c4ccc(C)c(F)c4F)cn3)[C@H]2O)n(-c2cc(Cl)ccc2C(F)(F)F)n1. The Morgan fingerprint density at radius 2 is 1.78 bits per heavy atom. The lowest BCUT2D eigenvalue weighted by Gasteiger charge is -2.42. The number of halogens is 6. The highest BCUT2D eigenvalue weighted by atomic mass is 35.5. The Morgan fingerprint density at radius 3 is 2.46 bits per heavy atom. The van der Waals surface area contributed by atoms with Gasteiger partial charge >= 0.3 is 6.18 Å². The summed E-state index contributed by atoms with van der Waals surface area (Å²) in [5.74, 6) is -2.40. The maximum atomic E-state index is 14.6. The van der Waals surface area contributed by atoms with E-state index in [1.54, 1.807) is 0 Å². The van der Waals surface area contributed by atoms with Crippen LogP contribution in [0.1, 0.15) is 34.9 Å². The second-order valence-corrected chi connectivity index (χ2v) is 10.0. The van der Waals surface area contributed by atoms with Crippen molar-refractivity contribution in [3.63, 3.8) is 0 Å². The standard InChI is InChI=1S/C26H23ClF5N5O4/c1-11-3-5-15(20(29)19(11)28)13-8-33-36(9-13)21-22(39)18(10-38)41-24(23(21)40)25-34-12(2)35-37(25)17-7-14(27)4-6-16(17)26(30,31)32/h3-9,18,21-24,38-40H,10H2,1-2H3/t18-,21+,22+,23-,24-/m1/s1. The molecule has 0 amide bonds. The summed E-state index contributed by atoms with van der Waals surface area (Å²) in [5.41, 5.74) is -1.48. The third-order valence-electron chi connectivity index (χ3n) is 6.87. The zero-order chi connectivity index (χ0) is 29.8. The molecule has 5 atom stereocenters. The molecule has 0 saturated carbocycles. The van der Waals surface area contributed by atoms with Crippen LogP contribution in [0.3, 0.4) is 0 Å². The zero-order valence-electron chi connectivity index (χ0n) is 21.4. The number of aryl methyl sites for hydroxylation is 2. The van der Waals surface area contributed by atoms with Gasteiger partial charge in [0.15, 0.2) is 17.5 Å². The lowest BCUT2D eigenvalue weighted by atomic mass is 9.92. The number of ether oxygens (including phenoxy) is 1. The van der Waals surface area contributed by atoms with E-state index >= 15 is 0 Å². The minimum Gasteiger partial charge on any atom is -0.394 e. The van der Waals surface area contributed by atoms with Crippen LogP contribution < -0.4 is 0 Å². The number of nitrogens with zero attached hydrogens (tertiary/aromatic N) is 5. The van der Waals surface area contributed by atoms with Crippen LogP contribution in [0.25, 0.3) is 16.8 Å². The average Bonchev–Trinajstić information content (AvgIpc) is 3.54. The number of benzene rings is 2. The first-order valence-corrected chi connectivity index (χ1v) is 12.6. The van der Waals surface area contributed by atoms with Crippen molar-refractivity contribution in [2.45, 2.75) is 50.5 Å². The summed E-state index contributed by atoms with van der Waals surface area (Å²) in [6.07, 6.45) is -8.51. The molecule has 0 unspecified atom stereocenters. The summed E-state index contributed by atoms with van der Waals surface area (Å²) in [5, 5.41) is 40.5. The fourth-order valence-electron chi connectivity index (χ4n) is 4.85. The monoisotopic (exact) mass is 599 g/mol. The molecule has 3 heterocycles. The molecule has 1 aliphatic heterocycles. The van der Waals surface area contributed by atoms with Crippen molar-refractivity contribution in [1.82, 2.24) is 24.5 Å². The number of aromatic nitrogens is 5.